The zero-order chi connectivity index (χ0) is 12.4. The van der Waals surface area contributed by atoms with Crippen LogP contribution in [0.4, 0.5) is 11.6 Å². The smallest absolute Gasteiger partial charge is 0.315 e. The molecule has 0 saturated heterocycles. The Balaban J connectivity index is 2.65. The van der Waals surface area contributed by atoms with Gasteiger partial charge >= 0.3 is 5.69 Å². The van der Waals surface area contributed by atoms with Gasteiger partial charge in [-0.15, -0.1) is 0 Å². The van der Waals surface area contributed by atoms with Crippen molar-refractivity contribution in [1.82, 2.24) is 19.7 Å². The number of nitro groups is 1. The van der Waals surface area contributed by atoms with Crippen molar-refractivity contribution >= 4 is 11.6 Å². The van der Waals surface area contributed by atoms with Crippen LogP contribution in [-0.2, 0) is 7.05 Å². The second-order valence-corrected chi connectivity index (χ2v) is 3.27. The maximum Gasteiger partial charge on any atom is 0.315 e. The molecule has 88 valence electrons. The average Bonchev–Trinajstić information content (AvgIpc) is 2.74. The molecule has 0 aliphatic heterocycles. The van der Waals surface area contributed by atoms with E-state index in [1.165, 1.54) is 10.9 Å². The molecule has 1 N–H and O–H groups in total. The highest BCUT2D eigenvalue weighted by Gasteiger charge is 2.20. The van der Waals surface area contributed by atoms with Crippen LogP contribution in [0, 0.1) is 10.1 Å². The molecule has 0 amide bonds. The number of aromatic nitrogens is 4. The van der Waals surface area contributed by atoms with E-state index in [2.05, 4.69) is 20.4 Å². The maximum atomic E-state index is 10.9. The molecule has 2 aromatic rings. The van der Waals surface area contributed by atoms with E-state index in [0.717, 1.165) is 0 Å². The SMILES string of the molecule is CNc1ncc([N+](=O)[O-])c(-c2ccnn2C)n1. The molecule has 2 heterocycles. The first-order chi connectivity index (χ1) is 8.13. The molecule has 2 aromatic heterocycles. The fourth-order valence-electron chi connectivity index (χ4n) is 1.42. The summed E-state index contributed by atoms with van der Waals surface area (Å²) in [5, 5.41) is 17.6. The Bertz CT molecular complexity index is 564. The van der Waals surface area contributed by atoms with Crippen molar-refractivity contribution < 1.29 is 4.92 Å². The normalized spacial score (nSPS) is 10.2. The predicted octanol–water partition coefficient (Wildman–Crippen LogP) is 0.827. The second kappa shape index (κ2) is 4.16. The topological polar surface area (TPSA) is 98.8 Å². The highest BCUT2D eigenvalue weighted by atomic mass is 16.6. The number of aryl methyl sites for hydroxylation is 1. The van der Waals surface area contributed by atoms with E-state index < -0.39 is 4.92 Å². The van der Waals surface area contributed by atoms with Gasteiger partial charge in [0.05, 0.1) is 10.6 Å². The highest BCUT2D eigenvalue weighted by Crippen LogP contribution is 2.27. The largest absolute Gasteiger partial charge is 0.357 e. The van der Waals surface area contributed by atoms with E-state index >= 15 is 0 Å². The van der Waals surface area contributed by atoms with E-state index in [1.807, 2.05) is 0 Å². The molecule has 0 aliphatic rings. The van der Waals surface area contributed by atoms with Crippen molar-refractivity contribution in [3.63, 3.8) is 0 Å². The number of nitrogens with zero attached hydrogens (tertiary/aromatic N) is 5. The summed E-state index contributed by atoms with van der Waals surface area (Å²) in [4.78, 5) is 18.3. The fraction of sp³-hybridized carbons (Fsp3) is 0.222. The number of hydrogen-bond donors (Lipinski definition) is 1. The van der Waals surface area contributed by atoms with Crippen LogP contribution in [0.15, 0.2) is 18.5 Å². The third kappa shape index (κ3) is 1.92. The Morgan fingerprint density at radius 2 is 2.29 bits per heavy atom. The number of rotatable bonds is 3. The molecule has 0 saturated carbocycles. The molecule has 8 nitrogen and oxygen atoms in total. The fourth-order valence-corrected chi connectivity index (χ4v) is 1.42. The van der Waals surface area contributed by atoms with E-state index in [9.17, 15) is 10.1 Å². The van der Waals surface area contributed by atoms with Gasteiger partial charge in [-0.05, 0) is 6.07 Å². The van der Waals surface area contributed by atoms with Gasteiger partial charge in [-0.25, -0.2) is 9.97 Å². The number of anilines is 1. The third-order valence-corrected chi connectivity index (χ3v) is 2.25. The van der Waals surface area contributed by atoms with Gasteiger partial charge in [0, 0.05) is 20.3 Å². The summed E-state index contributed by atoms with van der Waals surface area (Å²) in [5.41, 5.74) is 0.664. The van der Waals surface area contributed by atoms with E-state index in [0.29, 0.717) is 11.6 Å². The average molecular weight is 234 g/mol. The van der Waals surface area contributed by atoms with Crippen LogP contribution in [0.25, 0.3) is 11.4 Å². The van der Waals surface area contributed by atoms with Gasteiger partial charge in [-0.3, -0.25) is 14.8 Å². The zero-order valence-electron chi connectivity index (χ0n) is 9.28. The van der Waals surface area contributed by atoms with E-state index in [4.69, 9.17) is 0 Å². The summed E-state index contributed by atoms with van der Waals surface area (Å²) in [6.45, 7) is 0. The van der Waals surface area contributed by atoms with E-state index in [1.54, 1.807) is 26.4 Å². The molecule has 0 unspecified atom stereocenters. The van der Waals surface area contributed by atoms with Crippen molar-refractivity contribution in [2.75, 3.05) is 12.4 Å². The van der Waals surface area contributed by atoms with Crippen LogP contribution in [-0.4, -0.2) is 31.7 Å². The van der Waals surface area contributed by atoms with Gasteiger partial charge in [0.2, 0.25) is 5.95 Å². The van der Waals surface area contributed by atoms with Crippen molar-refractivity contribution in [1.29, 1.82) is 0 Å². The summed E-state index contributed by atoms with van der Waals surface area (Å²) in [6.07, 6.45) is 2.74. The minimum atomic E-state index is -0.512. The zero-order valence-corrected chi connectivity index (χ0v) is 9.28. The van der Waals surface area contributed by atoms with Gasteiger partial charge in [0.1, 0.15) is 6.20 Å². The van der Waals surface area contributed by atoms with Gasteiger partial charge in [0.25, 0.3) is 0 Å². The Hall–Kier alpha value is -2.51. The van der Waals surface area contributed by atoms with Crippen LogP contribution in [0.1, 0.15) is 0 Å². The lowest BCUT2D eigenvalue weighted by molar-refractivity contribution is -0.384. The predicted molar refractivity (Wildman–Crippen MR) is 60.4 cm³/mol. The van der Waals surface area contributed by atoms with Crippen molar-refractivity contribution in [2.45, 2.75) is 0 Å². The molecule has 0 radical (unpaired) electrons. The van der Waals surface area contributed by atoms with E-state index in [-0.39, 0.29) is 11.4 Å². The summed E-state index contributed by atoms with van der Waals surface area (Å²) in [5.74, 6) is 0.326. The molecule has 17 heavy (non-hydrogen) atoms. The molecule has 0 atom stereocenters. The Kier molecular flexibility index (Phi) is 2.69. The van der Waals surface area contributed by atoms with Crippen LogP contribution < -0.4 is 5.32 Å². The van der Waals surface area contributed by atoms with Gasteiger partial charge < -0.3 is 5.32 Å². The number of nitrogens with one attached hydrogen (secondary N) is 1. The monoisotopic (exact) mass is 234 g/mol. The van der Waals surface area contributed by atoms with Crippen LogP contribution in [0.3, 0.4) is 0 Å². The van der Waals surface area contributed by atoms with Crippen molar-refractivity contribution in [3.8, 4) is 11.4 Å². The second-order valence-electron chi connectivity index (χ2n) is 3.27. The highest BCUT2D eigenvalue weighted by molar-refractivity contribution is 5.66. The first kappa shape index (κ1) is 11.0. The Morgan fingerprint density at radius 1 is 1.53 bits per heavy atom. The number of hydrogen-bond acceptors (Lipinski definition) is 6. The maximum absolute atomic E-state index is 10.9. The van der Waals surface area contributed by atoms with Crippen LogP contribution in [0.2, 0.25) is 0 Å². The van der Waals surface area contributed by atoms with Gasteiger partial charge in [-0.2, -0.15) is 5.10 Å². The summed E-state index contributed by atoms with van der Waals surface area (Å²) < 4.78 is 1.52. The van der Waals surface area contributed by atoms with Crippen molar-refractivity contribution in [2.24, 2.45) is 7.05 Å². The third-order valence-electron chi connectivity index (χ3n) is 2.25. The summed E-state index contributed by atoms with van der Waals surface area (Å²) in [7, 11) is 3.34. The Labute approximate surface area is 96.5 Å². The lowest BCUT2D eigenvalue weighted by Gasteiger charge is -2.04. The molecule has 2 rings (SSSR count). The van der Waals surface area contributed by atoms with Crippen LogP contribution in [0.5, 0.6) is 0 Å². The molecular weight excluding hydrogens is 224 g/mol. The Morgan fingerprint density at radius 3 is 2.82 bits per heavy atom. The lowest BCUT2D eigenvalue weighted by Crippen LogP contribution is -2.04. The molecule has 8 heteroatoms. The molecule has 0 bridgehead atoms. The first-order valence-electron chi connectivity index (χ1n) is 4.81. The quantitative estimate of drug-likeness (QED) is 0.623. The molecular formula is C9H10N6O2. The van der Waals surface area contributed by atoms with Gasteiger partial charge in [-0.1, -0.05) is 0 Å². The first-order valence-corrected chi connectivity index (χ1v) is 4.81. The minimum Gasteiger partial charge on any atom is -0.357 e. The van der Waals surface area contributed by atoms with Gasteiger partial charge in [0.15, 0.2) is 5.69 Å². The van der Waals surface area contributed by atoms with Crippen molar-refractivity contribution in [3.05, 3.63) is 28.6 Å². The molecule has 0 aliphatic carbocycles. The molecule has 0 fully saturated rings. The minimum absolute atomic E-state index is 0.146. The lowest BCUT2D eigenvalue weighted by atomic mass is 10.2. The standard InChI is InChI=1S/C9H10N6O2/c1-10-9-11-5-7(15(16)17)8(13-9)6-3-4-12-14(6)2/h3-5H,1-2H3,(H,10,11,13). The summed E-state index contributed by atoms with van der Waals surface area (Å²) >= 11 is 0. The molecule has 0 aromatic carbocycles. The molecule has 0 spiro atoms. The van der Waals surface area contributed by atoms with Crippen LogP contribution >= 0.6 is 0 Å². The summed E-state index contributed by atoms with van der Waals surface area (Å²) in [6, 6.07) is 1.66.